The SMILES string of the molecule is CCOP(=O)(OCC)C(Cc1ccc(OC(F)(F)F)cc1)c1sc2ccccc2c1Br. The summed E-state index contributed by atoms with van der Waals surface area (Å²) in [5.74, 6) is -0.311. The summed E-state index contributed by atoms with van der Waals surface area (Å²) in [5.41, 5.74) is 0.0528. The zero-order chi connectivity index (χ0) is 22.6. The van der Waals surface area contributed by atoms with Crippen LogP contribution in [0.3, 0.4) is 0 Å². The number of ether oxygens (including phenoxy) is 1. The Kier molecular flexibility index (Phi) is 7.86. The van der Waals surface area contributed by atoms with Crippen molar-refractivity contribution in [3.63, 3.8) is 0 Å². The van der Waals surface area contributed by atoms with Crippen LogP contribution in [0.15, 0.2) is 53.0 Å². The number of thiophene rings is 1. The lowest BCUT2D eigenvalue weighted by molar-refractivity contribution is -0.274. The molecule has 0 saturated carbocycles. The van der Waals surface area contributed by atoms with Gasteiger partial charge in [-0.2, -0.15) is 0 Å². The molecular weight excluding hydrogens is 516 g/mol. The Balaban J connectivity index is 2.02. The highest BCUT2D eigenvalue weighted by molar-refractivity contribution is 9.10. The van der Waals surface area contributed by atoms with Gasteiger partial charge in [-0.3, -0.25) is 4.57 Å². The lowest BCUT2D eigenvalue weighted by Crippen LogP contribution is -2.17. The highest BCUT2D eigenvalue weighted by Crippen LogP contribution is 2.64. The van der Waals surface area contributed by atoms with E-state index in [-0.39, 0.29) is 25.4 Å². The van der Waals surface area contributed by atoms with Gasteiger partial charge >= 0.3 is 14.0 Å². The molecule has 0 amide bonds. The zero-order valence-corrected chi connectivity index (χ0v) is 20.1. The molecular formula is C21H21BrF3O4PS. The smallest absolute Gasteiger partial charge is 0.406 e. The molecule has 0 radical (unpaired) electrons. The average molecular weight is 537 g/mol. The maximum absolute atomic E-state index is 13.8. The quantitative estimate of drug-likeness (QED) is 0.259. The van der Waals surface area contributed by atoms with Crippen molar-refractivity contribution in [3.05, 3.63) is 63.4 Å². The van der Waals surface area contributed by atoms with Gasteiger partial charge in [0.15, 0.2) is 0 Å². The number of alkyl halides is 3. The summed E-state index contributed by atoms with van der Waals surface area (Å²) in [4.78, 5) is 0.807. The predicted molar refractivity (Wildman–Crippen MR) is 120 cm³/mol. The lowest BCUT2D eigenvalue weighted by Gasteiger charge is -2.26. The number of benzene rings is 2. The van der Waals surface area contributed by atoms with Crippen LogP contribution in [0.4, 0.5) is 13.2 Å². The van der Waals surface area contributed by atoms with Gasteiger partial charge in [0.1, 0.15) is 11.4 Å². The van der Waals surface area contributed by atoms with E-state index in [0.717, 1.165) is 19.4 Å². The van der Waals surface area contributed by atoms with Gasteiger partial charge in [0.05, 0.1) is 13.2 Å². The maximum Gasteiger partial charge on any atom is 0.573 e. The van der Waals surface area contributed by atoms with Crippen molar-refractivity contribution in [1.82, 2.24) is 0 Å². The topological polar surface area (TPSA) is 44.8 Å². The molecule has 0 aliphatic heterocycles. The van der Waals surface area contributed by atoms with Crippen molar-refractivity contribution in [2.24, 2.45) is 0 Å². The number of rotatable bonds is 9. The standard InChI is InChI=1S/C21H21BrF3O4PS/c1-3-27-30(26,28-4-2)17(20-19(22)16-7-5-6-8-18(16)31-20)13-14-9-11-15(12-10-14)29-21(23,24)25/h5-12,17H,3-4,13H2,1-2H3. The molecule has 1 unspecified atom stereocenters. The van der Waals surface area contributed by atoms with Gasteiger partial charge in [-0.25, -0.2) is 0 Å². The molecule has 0 aliphatic carbocycles. The van der Waals surface area contributed by atoms with Crippen molar-refractivity contribution < 1.29 is 31.5 Å². The fraction of sp³-hybridized carbons (Fsp3) is 0.333. The van der Waals surface area contributed by atoms with Crippen molar-refractivity contribution in [2.75, 3.05) is 13.2 Å². The van der Waals surface area contributed by atoms with Crippen molar-refractivity contribution >= 4 is 44.9 Å². The predicted octanol–water partition coefficient (Wildman–Crippen LogP) is 8.11. The van der Waals surface area contributed by atoms with Gasteiger partial charge in [0.25, 0.3) is 0 Å². The van der Waals surface area contributed by atoms with Gasteiger partial charge in [0, 0.05) is 19.4 Å². The van der Waals surface area contributed by atoms with Crippen LogP contribution in [0, 0.1) is 0 Å². The first-order valence-electron chi connectivity index (χ1n) is 9.57. The molecule has 2 aromatic carbocycles. The molecule has 1 aromatic heterocycles. The summed E-state index contributed by atoms with van der Waals surface area (Å²) in [6.07, 6.45) is -4.50. The van der Waals surface area contributed by atoms with E-state index in [0.29, 0.717) is 5.56 Å². The van der Waals surface area contributed by atoms with Crippen molar-refractivity contribution in [1.29, 1.82) is 0 Å². The summed E-state index contributed by atoms with van der Waals surface area (Å²) in [6.45, 7) is 3.89. The third-order valence-electron chi connectivity index (χ3n) is 4.45. The molecule has 0 spiro atoms. The zero-order valence-electron chi connectivity index (χ0n) is 16.8. The van der Waals surface area contributed by atoms with Crippen LogP contribution in [0.5, 0.6) is 5.75 Å². The first-order chi connectivity index (χ1) is 14.7. The monoisotopic (exact) mass is 536 g/mol. The Morgan fingerprint density at radius 2 is 1.65 bits per heavy atom. The summed E-state index contributed by atoms with van der Waals surface area (Å²) >= 11 is 5.13. The highest BCUT2D eigenvalue weighted by atomic mass is 79.9. The minimum absolute atomic E-state index is 0.203. The van der Waals surface area contributed by atoms with E-state index in [2.05, 4.69) is 20.7 Å². The Morgan fingerprint density at radius 1 is 1.03 bits per heavy atom. The van der Waals surface area contributed by atoms with E-state index in [1.165, 1.54) is 35.6 Å². The van der Waals surface area contributed by atoms with Gasteiger partial charge in [-0.1, -0.05) is 30.3 Å². The second kappa shape index (κ2) is 10.0. The lowest BCUT2D eigenvalue weighted by atomic mass is 10.1. The minimum Gasteiger partial charge on any atom is -0.406 e. The van der Waals surface area contributed by atoms with Crippen LogP contribution in [0.1, 0.15) is 29.9 Å². The van der Waals surface area contributed by atoms with Gasteiger partial charge in [-0.05, 0) is 60.0 Å². The van der Waals surface area contributed by atoms with E-state index in [1.807, 2.05) is 24.3 Å². The normalized spacial score (nSPS) is 13.5. The molecule has 3 aromatic rings. The van der Waals surface area contributed by atoms with Crippen LogP contribution < -0.4 is 4.74 Å². The molecule has 0 fully saturated rings. The molecule has 0 saturated heterocycles. The summed E-state index contributed by atoms with van der Waals surface area (Å²) in [7, 11) is -3.58. The summed E-state index contributed by atoms with van der Waals surface area (Å²) in [5, 5.41) is 0.987. The number of halogens is 4. The van der Waals surface area contributed by atoms with Crippen LogP contribution in [0.2, 0.25) is 0 Å². The first kappa shape index (κ1) is 24.3. The third-order valence-corrected chi connectivity index (χ3v) is 9.46. The van der Waals surface area contributed by atoms with E-state index < -0.39 is 19.6 Å². The molecule has 4 nitrogen and oxygen atoms in total. The number of hydrogen-bond acceptors (Lipinski definition) is 5. The molecule has 10 heteroatoms. The van der Waals surface area contributed by atoms with Crippen LogP contribution in [-0.4, -0.2) is 19.6 Å². The molecule has 31 heavy (non-hydrogen) atoms. The molecule has 0 bridgehead atoms. The Bertz CT molecular complexity index is 1060. The first-order valence-corrected chi connectivity index (χ1v) is 12.8. The van der Waals surface area contributed by atoms with Crippen LogP contribution >= 0.6 is 34.9 Å². The van der Waals surface area contributed by atoms with Crippen LogP contribution in [0.25, 0.3) is 10.1 Å². The van der Waals surface area contributed by atoms with E-state index in [1.54, 1.807) is 13.8 Å². The number of fused-ring (bicyclic) bond motifs is 1. The Hall–Kier alpha value is -1.38. The number of hydrogen-bond donors (Lipinski definition) is 0. The molecule has 0 aliphatic rings. The second-order valence-electron chi connectivity index (χ2n) is 6.56. The fourth-order valence-corrected chi connectivity index (χ4v) is 8.03. The van der Waals surface area contributed by atoms with Gasteiger partial charge < -0.3 is 13.8 Å². The van der Waals surface area contributed by atoms with Crippen molar-refractivity contribution in [2.45, 2.75) is 32.3 Å². The van der Waals surface area contributed by atoms with Crippen molar-refractivity contribution in [3.8, 4) is 5.75 Å². The highest BCUT2D eigenvalue weighted by Gasteiger charge is 2.39. The van der Waals surface area contributed by atoms with E-state index in [9.17, 15) is 17.7 Å². The van der Waals surface area contributed by atoms with E-state index >= 15 is 0 Å². The molecule has 1 atom stereocenters. The largest absolute Gasteiger partial charge is 0.573 e. The maximum atomic E-state index is 13.8. The minimum atomic E-state index is -4.76. The van der Waals surface area contributed by atoms with Gasteiger partial charge in [-0.15, -0.1) is 24.5 Å². The third kappa shape index (κ3) is 5.90. The molecule has 0 N–H and O–H groups in total. The Labute approximate surface area is 191 Å². The van der Waals surface area contributed by atoms with Crippen LogP contribution in [-0.2, 0) is 20.0 Å². The molecule has 1 heterocycles. The van der Waals surface area contributed by atoms with E-state index in [4.69, 9.17) is 9.05 Å². The summed E-state index contributed by atoms with van der Waals surface area (Å²) < 4.78 is 68.2. The fourth-order valence-electron chi connectivity index (χ4n) is 3.22. The molecule has 168 valence electrons. The average Bonchev–Trinajstić information content (AvgIpc) is 3.03. The summed E-state index contributed by atoms with van der Waals surface area (Å²) in [6, 6.07) is 13.3. The second-order valence-corrected chi connectivity index (χ2v) is 10.7. The molecule has 3 rings (SSSR count). The van der Waals surface area contributed by atoms with Gasteiger partial charge in [0.2, 0.25) is 0 Å². The Morgan fingerprint density at radius 3 is 2.19 bits per heavy atom.